The van der Waals surface area contributed by atoms with Crippen LogP contribution in [0.3, 0.4) is 0 Å². The van der Waals surface area contributed by atoms with Crippen LogP contribution < -0.4 is 0 Å². The SMILES string of the molecule is O=S(=O)(c1ccccc1)N1CC2=C3CN(S(=O)(=O)c4ccccc4)CC[C@H]3[C@H]3CN(S(=O)(=O)c4ccccc4)CC3=C2C1. The Balaban J connectivity index is 1.30. The van der Waals surface area contributed by atoms with Gasteiger partial charge in [0.2, 0.25) is 30.1 Å². The zero-order valence-corrected chi connectivity index (χ0v) is 25.7. The highest BCUT2D eigenvalue weighted by Crippen LogP contribution is 2.50. The molecule has 0 unspecified atom stereocenters. The molecule has 3 aliphatic heterocycles. The second-order valence-corrected chi connectivity index (χ2v) is 17.2. The third-order valence-electron chi connectivity index (χ3n) is 9.12. The zero-order chi connectivity index (χ0) is 30.0. The van der Waals surface area contributed by atoms with Crippen LogP contribution in [0.15, 0.2) is 128 Å². The minimum absolute atomic E-state index is 0.0775. The molecule has 0 N–H and O–H groups in total. The highest BCUT2D eigenvalue weighted by molar-refractivity contribution is 7.89. The van der Waals surface area contributed by atoms with Crippen molar-refractivity contribution in [2.24, 2.45) is 11.8 Å². The third-order valence-corrected chi connectivity index (χ3v) is 14.6. The lowest BCUT2D eigenvalue weighted by Crippen LogP contribution is -2.44. The summed E-state index contributed by atoms with van der Waals surface area (Å²) in [6, 6.07) is 24.9. The highest BCUT2D eigenvalue weighted by Gasteiger charge is 2.50. The van der Waals surface area contributed by atoms with Gasteiger partial charge in [-0.25, -0.2) is 25.3 Å². The molecule has 0 radical (unpaired) electrons. The predicted molar refractivity (Wildman–Crippen MR) is 161 cm³/mol. The van der Waals surface area contributed by atoms with E-state index in [4.69, 9.17) is 0 Å². The Morgan fingerprint density at radius 2 is 0.860 bits per heavy atom. The van der Waals surface area contributed by atoms with E-state index in [1.807, 2.05) is 0 Å². The Morgan fingerprint density at radius 1 is 0.465 bits per heavy atom. The summed E-state index contributed by atoms with van der Waals surface area (Å²) in [4.78, 5) is 0.623. The van der Waals surface area contributed by atoms with Crippen molar-refractivity contribution in [2.75, 3.05) is 39.3 Å². The topological polar surface area (TPSA) is 112 Å². The van der Waals surface area contributed by atoms with E-state index in [9.17, 15) is 25.3 Å². The highest BCUT2D eigenvalue weighted by atomic mass is 32.2. The van der Waals surface area contributed by atoms with Gasteiger partial charge in [0.15, 0.2) is 0 Å². The number of piperidine rings is 1. The number of sulfonamides is 3. The largest absolute Gasteiger partial charge is 0.243 e. The first-order chi connectivity index (χ1) is 20.6. The monoisotopic (exact) mass is 637 g/mol. The van der Waals surface area contributed by atoms with Gasteiger partial charge in [0.05, 0.1) is 14.7 Å². The quantitative estimate of drug-likeness (QED) is 0.410. The summed E-state index contributed by atoms with van der Waals surface area (Å²) in [5.74, 6) is -0.223. The molecule has 224 valence electrons. The molecule has 4 aliphatic rings. The molecule has 43 heavy (non-hydrogen) atoms. The number of nitrogens with zero attached hydrogens (tertiary/aromatic N) is 3. The van der Waals surface area contributed by atoms with E-state index in [0.29, 0.717) is 13.0 Å². The average Bonchev–Trinajstić information content (AvgIpc) is 3.69. The molecule has 9 nitrogen and oxygen atoms in total. The van der Waals surface area contributed by atoms with Gasteiger partial charge >= 0.3 is 0 Å². The number of hydrogen-bond donors (Lipinski definition) is 0. The van der Waals surface area contributed by atoms with Crippen molar-refractivity contribution < 1.29 is 25.3 Å². The molecule has 3 saturated heterocycles. The molecule has 2 atom stereocenters. The van der Waals surface area contributed by atoms with Gasteiger partial charge in [-0.2, -0.15) is 12.9 Å². The first kappa shape index (κ1) is 28.6. The Hall–Kier alpha value is -3.13. The van der Waals surface area contributed by atoms with Crippen LogP contribution >= 0.6 is 0 Å². The number of rotatable bonds is 6. The fraction of sp³-hybridized carbons (Fsp3) is 0.290. The van der Waals surface area contributed by atoms with Gasteiger partial charge in [0.25, 0.3) is 0 Å². The summed E-state index contributed by atoms with van der Waals surface area (Å²) in [6.45, 7) is 1.16. The molecule has 3 aromatic carbocycles. The molecule has 0 amide bonds. The van der Waals surface area contributed by atoms with E-state index in [1.165, 1.54) is 12.9 Å². The van der Waals surface area contributed by atoms with Crippen molar-refractivity contribution in [1.82, 2.24) is 12.9 Å². The lowest BCUT2D eigenvalue weighted by atomic mass is 9.71. The van der Waals surface area contributed by atoms with E-state index < -0.39 is 30.1 Å². The van der Waals surface area contributed by atoms with Gasteiger partial charge in [-0.1, -0.05) is 54.6 Å². The van der Waals surface area contributed by atoms with Crippen molar-refractivity contribution in [1.29, 1.82) is 0 Å². The standard InChI is InChI=1S/C31H31N3O6S3/c35-41(36,23-10-4-1-5-11-23)32-17-16-26-27(18-32)29-20-34(43(39,40)25-14-8-3-9-15-25)22-31(29)30-21-33(19-28(26)30)42(37,38)24-12-6-2-7-13-24/h1-15,26,28H,16-22H2/t26-,28-/m1/s1. The van der Waals surface area contributed by atoms with E-state index in [0.717, 1.165) is 22.3 Å². The van der Waals surface area contributed by atoms with Crippen molar-refractivity contribution in [2.45, 2.75) is 21.1 Å². The van der Waals surface area contributed by atoms with Gasteiger partial charge in [0, 0.05) is 45.2 Å². The summed E-state index contributed by atoms with van der Waals surface area (Å²) >= 11 is 0. The molecule has 0 saturated carbocycles. The number of hydrogen-bond acceptors (Lipinski definition) is 6. The van der Waals surface area contributed by atoms with Crippen LogP contribution in [-0.2, 0) is 30.1 Å². The van der Waals surface area contributed by atoms with Gasteiger partial charge in [-0.15, -0.1) is 0 Å². The molecule has 1 aliphatic carbocycles. The molecule has 0 bridgehead atoms. The lowest BCUT2D eigenvalue weighted by molar-refractivity contribution is 0.285. The van der Waals surface area contributed by atoms with Crippen LogP contribution in [0.4, 0.5) is 0 Å². The Bertz CT molecular complexity index is 1890. The summed E-state index contributed by atoms with van der Waals surface area (Å²) in [5, 5.41) is 0. The first-order valence-electron chi connectivity index (χ1n) is 14.2. The van der Waals surface area contributed by atoms with E-state index in [1.54, 1.807) is 91.0 Å². The van der Waals surface area contributed by atoms with Crippen molar-refractivity contribution in [3.8, 4) is 0 Å². The zero-order valence-electron chi connectivity index (χ0n) is 23.3. The molecule has 3 fully saturated rings. The predicted octanol–water partition coefficient (Wildman–Crippen LogP) is 3.33. The van der Waals surface area contributed by atoms with Gasteiger partial charge < -0.3 is 0 Å². The minimum Gasteiger partial charge on any atom is -0.207 e. The molecule has 3 aromatic rings. The van der Waals surface area contributed by atoms with Crippen LogP contribution in [0.2, 0.25) is 0 Å². The maximum absolute atomic E-state index is 13.7. The molecule has 7 rings (SSSR count). The molecule has 3 heterocycles. The van der Waals surface area contributed by atoms with Crippen LogP contribution in [0, 0.1) is 11.8 Å². The number of benzene rings is 3. The van der Waals surface area contributed by atoms with Crippen LogP contribution in [0.5, 0.6) is 0 Å². The normalized spacial score (nSPS) is 23.7. The Labute approximate surface area is 252 Å². The van der Waals surface area contributed by atoms with Crippen molar-refractivity contribution in [3.63, 3.8) is 0 Å². The lowest BCUT2D eigenvalue weighted by Gasteiger charge is -2.40. The molecule has 12 heteroatoms. The van der Waals surface area contributed by atoms with E-state index in [-0.39, 0.29) is 59.2 Å². The van der Waals surface area contributed by atoms with Crippen LogP contribution in [0.25, 0.3) is 0 Å². The minimum atomic E-state index is -3.83. The van der Waals surface area contributed by atoms with Crippen molar-refractivity contribution >= 4 is 30.1 Å². The molecular weight excluding hydrogens is 607 g/mol. The molecular formula is C31H31N3O6S3. The average molecular weight is 638 g/mol. The van der Waals surface area contributed by atoms with E-state index >= 15 is 0 Å². The second-order valence-electron chi connectivity index (χ2n) is 11.4. The third kappa shape index (κ3) is 4.71. The Morgan fingerprint density at radius 3 is 1.35 bits per heavy atom. The maximum atomic E-state index is 13.7. The van der Waals surface area contributed by atoms with E-state index in [2.05, 4.69) is 0 Å². The summed E-state index contributed by atoms with van der Waals surface area (Å²) < 4.78 is 86.4. The van der Waals surface area contributed by atoms with Crippen LogP contribution in [0.1, 0.15) is 6.42 Å². The maximum Gasteiger partial charge on any atom is 0.243 e. The van der Waals surface area contributed by atoms with Crippen LogP contribution in [-0.4, -0.2) is 77.4 Å². The first-order valence-corrected chi connectivity index (χ1v) is 18.5. The summed E-state index contributed by atoms with van der Waals surface area (Å²) in [7, 11) is -11.4. The van der Waals surface area contributed by atoms with Gasteiger partial charge in [-0.05, 0) is 71.0 Å². The van der Waals surface area contributed by atoms with Crippen molar-refractivity contribution in [3.05, 3.63) is 113 Å². The smallest absolute Gasteiger partial charge is 0.207 e. The molecule has 0 spiro atoms. The van der Waals surface area contributed by atoms with Gasteiger partial charge in [0.1, 0.15) is 0 Å². The Kier molecular flexibility index (Phi) is 6.99. The summed E-state index contributed by atoms with van der Waals surface area (Å²) in [5.41, 5.74) is 3.52. The molecule has 0 aromatic heterocycles. The number of fused-ring (bicyclic) bond motifs is 4. The second kappa shape index (κ2) is 10.5. The fourth-order valence-corrected chi connectivity index (χ4v) is 11.3. The summed E-state index contributed by atoms with van der Waals surface area (Å²) in [6.07, 6.45) is 0.525. The fourth-order valence-electron chi connectivity index (χ4n) is 6.97. The van der Waals surface area contributed by atoms with Gasteiger partial charge in [-0.3, -0.25) is 0 Å².